The molecule has 0 aromatic heterocycles. The molecule has 0 amide bonds. The first kappa shape index (κ1) is 23.6. The Labute approximate surface area is 194 Å². The zero-order valence-electron chi connectivity index (χ0n) is 19.3. The molecule has 1 nitrogen and oxygen atoms in total. The van der Waals surface area contributed by atoms with Crippen LogP contribution in [0.1, 0.15) is 67.2 Å². The van der Waals surface area contributed by atoms with Gasteiger partial charge in [-0.2, -0.15) is 0 Å². The fourth-order valence-electron chi connectivity index (χ4n) is 4.76. The highest BCUT2D eigenvalue weighted by molar-refractivity contribution is 5.65. The fourth-order valence-corrected chi connectivity index (χ4v) is 4.76. The highest BCUT2D eigenvalue weighted by atomic mass is 19.2. The van der Waals surface area contributed by atoms with Crippen molar-refractivity contribution in [2.24, 2.45) is 0 Å². The molecule has 0 bridgehead atoms. The Morgan fingerprint density at radius 3 is 2.24 bits per heavy atom. The lowest BCUT2D eigenvalue weighted by Gasteiger charge is -2.29. The molecule has 1 fully saturated rings. The van der Waals surface area contributed by atoms with Gasteiger partial charge in [-0.3, -0.25) is 0 Å². The molecule has 1 aliphatic carbocycles. The lowest BCUT2D eigenvalue weighted by molar-refractivity contribution is 0.0119. The minimum Gasteiger partial charge on any atom is -0.373 e. The van der Waals surface area contributed by atoms with Crippen LogP contribution in [0.25, 0.3) is 11.1 Å². The largest absolute Gasteiger partial charge is 0.373 e. The molecule has 4 rings (SSSR count). The highest BCUT2D eigenvalue weighted by Gasteiger charge is 2.27. The van der Waals surface area contributed by atoms with Gasteiger partial charge < -0.3 is 4.74 Å². The molecule has 3 aromatic rings. The van der Waals surface area contributed by atoms with Crippen LogP contribution in [0, 0.1) is 24.4 Å². The van der Waals surface area contributed by atoms with Gasteiger partial charge in [-0.25, -0.2) is 13.2 Å². The molecular formula is C29H31F3O. The maximum Gasteiger partial charge on any atom is 0.166 e. The summed E-state index contributed by atoms with van der Waals surface area (Å²) < 4.78 is 49.9. The standard InChI is InChI=1S/C29H31F3O/c1-3-4-20-6-9-21(10-7-20)25-15-16-26(29(32)28(25)31)22-11-13-24(14-12-22)33-18-23-8-5-19(2)17-27(23)30/h5-10,15-17,22,24H,3-4,11-14,18H2,1-2H3. The summed E-state index contributed by atoms with van der Waals surface area (Å²) in [7, 11) is 0. The van der Waals surface area contributed by atoms with Crippen LogP contribution < -0.4 is 0 Å². The molecule has 1 saturated carbocycles. The van der Waals surface area contributed by atoms with E-state index in [2.05, 4.69) is 6.92 Å². The van der Waals surface area contributed by atoms with Gasteiger partial charge in [-0.05, 0) is 73.3 Å². The van der Waals surface area contributed by atoms with Crippen molar-refractivity contribution >= 4 is 0 Å². The second kappa shape index (κ2) is 10.6. The van der Waals surface area contributed by atoms with E-state index < -0.39 is 11.6 Å². The average Bonchev–Trinajstić information content (AvgIpc) is 2.82. The zero-order valence-corrected chi connectivity index (χ0v) is 19.3. The molecule has 0 unspecified atom stereocenters. The second-order valence-corrected chi connectivity index (χ2v) is 9.16. The van der Waals surface area contributed by atoms with Crippen molar-refractivity contribution in [2.45, 2.75) is 71.0 Å². The van der Waals surface area contributed by atoms with Crippen LogP contribution in [0.4, 0.5) is 13.2 Å². The molecule has 0 radical (unpaired) electrons. The van der Waals surface area contributed by atoms with Crippen LogP contribution in [0.2, 0.25) is 0 Å². The van der Waals surface area contributed by atoms with E-state index in [1.165, 1.54) is 11.6 Å². The van der Waals surface area contributed by atoms with E-state index in [1.54, 1.807) is 18.2 Å². The average molecular weight is 453 g/mol. The summed E-state index contributed by atoms with van der Waals surface area (Å²) in [4.78, 5) is 0. The number of halogens is 3. The van der Waals surface area contributed by atoms with Crippen molar-refractivity contribution in [3.63, 3.8) is 0 Å². The van der Waals surface area contributed by atoms with E-state index in [9.17, 15) is 8.78 Å². The predicted molar refractivity (Wildman–Crippen MR) is 127 cm³/mol. The predicted octanol–water partition coefficient (Wildman–Crippen LogP) is 8.27. The fraction of sp³-hybridized carbons (Fsp3) is 0.379. The number of hydrogen-bond acceptors (Lipinski definition) is 1. The summed E-state index contributed by atoms with van der Waals surface area (Å²) in [5, 5.41) is 0. The van der Waals surface area contributed by atoms with E-state index in [-0.39, 0.29) is 24.4 Å². The number of rotatable bonds is 7. The van der Waals surface area contributed by atoms with Gasteiger partial charge in [0.2, 0.25) is 0 Å². The molecule has 174 valence electrons. The van der Waals surface area contributed by atoms with Crippen LogP contribution in [0.3, 0.4) is 0 Å². The Balaban J connectivity index is 1.38. The summed E-state index contributed by atoms with van der Waals surface area (Å²) >= 11 is 0. The number of aryl methyl sites for hydroxylation is 2. The normalized spacial score (nSPS) is 18.5. The van der Waals surface area contributed by atoms with Crippen molar-refractivity contribution in [1.29, 1.82) is 0 Å². The second-order valence-electron chi connectivity index (χ2n) is 9.16. The van der Waals surface area contributed by atoms with Gasteiger partial charge in [0, 0.05) is 11.1 Å². The van der Waals surface area contributed by atoms with Crippen LogP contribution in [0.15, 0.2) is 54.6 Å². The van der Waals surface area contributed by atoms with Crippen molar-refractivity contribution < 1.29 is 17.9 Å². The molecule has 3 aromatic carbocycles. The molecule has 4 heteroatoms. The summed E-state index contributed by atoms with van der Waals surface area (Å²) in [6.07, 6.45) is 4.98. The molecular weight excluding hydrogens is 421 g/mol. The van der Waals surface area contributed by atoms with Gasteiger partial charge in [0.05, 0.1) is 12.7 Å². The highest BCUT2D eigenvalue weighted by Crippen LogP contribution is 2.38. The first-order valence-electron chi connectivity index (χ1n) is 11.9. The van der Waals surface area contributed by atoms with Crippen molar-refractivity contribution in [3.05, 3.63) is 94.3 Å². The van der Waals surface area contributed by atoms with Crippen LogP contribution in [-0.2, 0) is 17.8 Å². The Morgan fingerprint density at radius 1 is 0.848 bits per heavy atom. The first-order chi connectivity index (χ1) is 16.0. The minimum atomic E-state index is -0.774. The van der Waals surface area contributed by atoms with Crippen LogP contribution >= 0.6 is 0 Å². The third-order valence-corrected chi connectivity index (χ3v) is 6.71. The van der Waals surface area contributed by atoms with Crippen LogP contribution in [-0.4, -0.2) is 6.10 Å². The third kappa shape index (κ3) is 5.50. The monoisotopic (exact) mass is 452 g/mol. The Bertz CT molecular complexity index is 1080. The van der Waals surface area contributed by atoms with E-state index in [4.69, 9.17) is 4.74 Å². The zero-order chi connectivity index (χ0) is 23.4. The maximum atomic E-state index is 15.0. The van der Waals surface area contributed by atoms with Gasteiger partial charge in [0.15, 0.2) is 11.6 Å². The van der Waals surface area contributed by atoms with Crippen molar-refractivity contribution in [3.8, 4) is 11.1 Å². The Kier molecular flexibility index (Phi) is 7.54. The van der Waals surface area contributed by atoms with Gasteiger partial charge in [-0.15, -0.1) is 0 Å². The van der Waals surface area contributed by atoms with Crippen molar-refractivity contribution in [1.82, 2.24) is 0 Å². The summed E-state index contributed by atoms with van der Waals surface area (Å²) in [5.74, 6) is -1.79. The van der Waals surface area contributed by atoms with Gasteiger partial charge >= 0.3 is 0 Å². The number of hydrogen-bond donors (Lipinski definition) is 0. The summed E-state index contributed by atoms with van der Waals surface area (Å²) in [5.41, 5.74) is 4.07. The summed E-state index contributed by atoms with van der Waals surface area (Å²) in [6.45, 7) is 4.20. The molecule has 0 saturated heterocycles. The van der Waals surface area contributed by atoms with E-state index in [0.29, 0.717) is 22.3 Å². The van der Waals surface area contributed by atoms with Gasteiger partial charge in [-0.1, -0.05) is 61.9 Å². The lowest BCUT2D eigenvalue weighted by Crippen LogP contribution is -2.21. The maximum absolute atomic E-state index is 15.0. The molecule has 0 heterocycles. The Hall–Kier alpha value is -2.59. The lowest BCUT2D eigenvalue weighted by atomic mass is 9.82. The quantitative estimate of drug-likeness (QED) is 0.350. The molecule has 0 atom stereocenters. The van der Waals surface area contributed by atoms with E-state index >= 15 is 4.39 Å². The van der Waals surface area contributed by atoms with E-state index in [0.717, 1.165) is 44.1 Å². The number of benzene rings is 3. The third-order valence-electron chi connectivity index (χ3n) is 6.71. The Morgan fingerprint density at radius 2 is 1.58 bits per heavy atom. The van der Waals surface area contributed by atoms with Crippen LogP contribution in [0.5, 0.6) is 0 Å². The topological polar surface area (TPSA) is 9.23 Å². The molecule has 33 heavy (non-hydrogen) atoms. The molecule has 0 aliphatic heterocycles. The van der Waals surface area contributed by atoms with E-state index in [1.807, 2.05) is 37.3 Å². The smallest absolute Gasteiger partial charge is 0.166 e. The SMILES string of the molecule is CCCc1ccc(-c2ccc(C3CCC(OCc4ccc(C)cc4F)CC3)c(F)c2F)cc1. The summed E-state index contributed by atoms with van der Waals surface area (Å²) in [6, 6.07) is 16.3. The molecule has 1 aliphatic rings. The van der Waals surface area contributed by atoms with Gasteiger partial charge in [0.1, 0.15) is 5.82 Å². The first-order valence-corrected chi connectivity index (χ1v) is 11.9. The molecule has 0 spiro atoms. The number of ether oxygens (including phenoxy) is 1. The van der Waals surface area contributed by atoms with Crippen molar-refractivity contribution in [2.75, 3.05) is 0 Å². The minimum absolute atomic E-state index is 0.00997. The molecule has 0 N–H and O–H groups in total. The van der Waals surface area contributed by atoms with Gasteiger partial charge in [0.25, 0.3) is 0 Å².